The zero-order valence-corrected chi connectivity index (χ0v) is 27.8. The molecule has 5 heterocycles. The van der Waals surface area contributed by atoms with Crippen LogP contribution in [0.2, 0.25) is 13.1 Å². The molecular formula is C42H27BN2SSi. The fraction of sp³-hybridized carbons (Fsp3) is 0.0476. The van der Waals surface area contributed by atoms with E-state index in [4.69, 9.17) is 0 Å². The molecule has 0 saturated heterocycles. The standard InChI is InChI=1S/C42H27BN2SSi/c1-47(2)36-19-8-6-17-32(36)44-34-23-30-26-13-5-7-18-35(26)46-42(30)38-28-15-9-14-27-29-21-24-11-3-4-12-25(24)22-33(29)45(40(27)28)43(39(34)38)31-16-10-20-37(47)41(31)44/h3-23H,1-2H3. The maximum atomic E-state index is 2.72. The van der Waals surface area contributed by atoms with Gasteiger partial charge in [0, 0.05) is 70.2 Å². The second-order valence-corrected chi connectivity index (χ2v) is 19.5. The third kappa shape index (κ3) is 2.83. The monoisotopic (exact) mass is 630 g/mol. The smallest absolute Gasteiger partial charge is 0.333 e. The molecule has 218 valence electrons. The van der Waals surface area contributed by atoms with Crippen molar-refractivity contribution in [3.05, 3.63) is 127 Å². The maximum absolute atomic E-state index is 2.72. The lowest BCUT2D eigenvalue weighted by Gasteiger charge is -2.47. The number of fused-ring (bicyclic) bond motifs is 14. The molecule has 2 aromatic heterocycles. The Bertz CT molecular complexity index is 2910. The molecule has 7 aromatic carbocycles. The fourth-order valence-corrected chi connectivity index (χ4v) is 13.8. The lowest BCUT2D eigenvalue weighted by atomic mass is 9.45. The molecule has 0 saturated carbocycles. The second-order valence-electron chi connectivity index (χ2n) is 14.1. The van der Waals surface area contributed by atoms with Gasteiger partial charge in [-0.1, -0.05) is 110 Å². The highest BCUT2D eigenvalue weighted by atomic mass is 32.1. The Kier molecular flexibility index (Phi) is 4.39. The van der Waals surface area contributed by atoms with Crippen LogP contribution >= 0.6 is 11.3 Å². The Morgan fingerprint density at radius 2 is 1.36 bits per heavy atom. The molecule has 9 aromatic rings. The van der Waals surface area contributed by atoms with E-state index in [1.807, 2.05) is 11.3 Å². The summed E-state index contributed by atoms with van der Waals surface area (Å²) in [5.41, 5.74) is 12.4. The molecule has 0 fully saturated rings. The van der Waals surface area contributed by atoms with Gasteiger partial charge in [-0.15, -0.1) is 11.3 Å². The van der Waals surface area contributed by atoms with Crippen molar-refractivity contribution in [2.24, 2.45) is 0 Å². The minimum Gasteiger partial charge on any atom is -0.375 e. The Morgan fingerprint density at radius 3 is 2.28 bits per heavy atom. The van der Waals surface area contributed by atoms with Gasteiger partial charge < -0.3 is 9.38 Å². The summed E-state index contributed by atoms with van der Waals surface area (Å²) in [6.07, 6.45) is 0. The normalized spacial score (nSPS) is 15.1. The van der Waals surface area contributed by atoms with Gasteiger partial charge in [0.25, 0.3) is 0 Å². The van der Waals surface area contributed by atoms with E-state index in [1.54, 1.807) is 0 Å². The molecule has 5 heteroatoms. The summed E-state index contributed by atoms with van der Waals surface area (Å²) in [5.74, 6) is 0. The number of benzene rings is 7. The van der Waals surface area contributed by atoms with E-state index in [2.05, 4.69) is 150 Å². The topological polar surface area (TPSA) is 8.17 Å². The van der Waals surface area contributed by atoms with Crippen LogP contribution in [0.1, 0.15) is 0 Å². The van der Waals surface area contributed by atoms with Gasteiger partial charge in [-0.3, -0.25) is 0 Å². The van der Waals surface area contributed by atoms with Crippen LogP contribution in [0, 0.1) is 0 Å². The second kappa shape index (κ2) is 8.24. The highest BCUT2D eigenvalue weighted by molar-refractivity contribution is 7.26. The molecule has 0 bridgehead atoms. The summed E-state index contributed by atoms with van der Waals surface area (Å²) in [6, 6.07) is 48.8. The van der Waals surface area contributed by atoms with Crippen molar-refractivity contribution in [2.45, 2.75) is 13.1 Å². The van der Waals surface area contributed by atoms with Crippen molar-refractivity contribution in [2.75, 3.05) is 4.90 Å². The van der Waals surface area contributed by atoms with Gasteiger partial charge in [0.15, 0.2) is 0 Å². The van der Waals surface area contributed by atoms with Crippen LogP contribution in [0.3, 0.4) is 0 Å². The van der Waals surface area contributed by atoms with Gasteiger partial charge in [0.1, 0.15) is 8.07 Å². The molecule has 47 heavy (non-hydrogen) atoms. The van der Waals surface area contributed by atoms with E-state index >= 15 is 0 Å². The Balaban J connectivity index is 1.35. The van der Waals surface area contributed by atoms with E-state index < -0.39 is 8.07 Å². The van der Waals surface area contributed by atoms with E-state index in [-0.39, 0.29) is 6.85 Å². The summed E-state index contributed by atoms with van der Waals surface area (Å²) < 4.78 is 5.48. The Morgan fingerprint density at radius 1 is 0.617 bits per heavy atom. The zero-order chi connectivity index (χ0) is 30.8. The molecule has 0 N–H and O–H groups in total. The summed E-state index contributed by atoms with van der Waals surface area (Å²) in [7, 11) is -1.99. The van der Waals surface area contributed by atoms with Crippen molar-refractivity contribution in [1.82, 2.24) is 4.48 Å². The van der Waals surface area contributed by atoms with Crippen LogP contribution in [0.25, 0.3) is 63.9 Å². The molecule has 12 rings (SSSR count). The Labute approximate surface area is 277 Å². The molecular weight excluding hydrogens is 603 g/mol. The van der Waals surface area contributed by atoms with Gasteiger partial charge in [-0.05, 0) is 62.4 Å². The summed E-state index contributed by atoms with van der Waals surface area (Å²) in [4.78, 5) is 2.66. The van der Waals surface area contributed by atoms with E-state index in [9.17, 15) is 0 Å². The third-order valence-corrected chi connectivity index (χ3v) is 16.2. The molecule has 0 unspecified atom stereocenters. The van der Waals surface area contributed by atoms with E-state index in [0.717, 1.165) is 0 Å². The van der Waals surface area contributed by atoms with Crippen LogP contribution in [0.5, 0.6) is 0 Å². The number of para-hydroxylation sites is 3. The molecule has 2 nitrogen and oxygen atoms in total. The predicted molar refractivity (Wildman–Crippen MR) is 207 cm³/mol. The number of thiophene rings is 1. The van der Waals surface area contributed by atoms with Crippen LogP contribution in [-0.2, 0) is 0 Å². The van der Waals surface area contributed by atoms with Crippen molar-refractivity contribution < 1.29 is 0 Å². The van der Waals surface area contributed by atoms with Gasteiger partial charge in [-0.2, -0.15) is 0 Å². The van der Waals surface area contributed by atoms with Crippen molar-refractivity contribution in [3.63, 3.8) is 0 Å². The molecule has 0 atom stereocenters. The maximum Gasteiger partial charge on any atom is 0.333 e. The van der Waals surface area contributed by atoms with Gasteiger partial charge in [-0.25, -0.2) is 0 Å². The molecule has 0 amide bonds. The van der Waals surface area contributed by atoms with Crippen LogP contribution < -0.4 is 26.2 Å². The quantitative estimate of drug-likeness (QED) is 0.152. The van der Waals surface area contributed by atoms with E-state index in [0.29, 0.717) is 0 Å². The fourth-order valence-electron chi connectivity index (χ4n) is 9.52. The minimum atomic E-state index is -1.99. The average molecular weight is 631 g/mol. The molecule has 3 aliphatic heterocycles. The first-order chi connectivity index (χ1) is 23.1. The zero-order valence-electron chi connectivity index (χ0n) is 26.0. The summed E-state index contributed by atoms with van der Waals surface area (Å²) in [6.45, 7) is 5.16. The molecule has 3 aliphatic rings. The number of anilines is 3. The first-order valence-electron chi connectivity index (χ1n) is 16.6. The Hall–Kier alpha value is -5.10. The van der Waals surface area contributed by atoms with Crippen molar-refractivity contribution in [3.8, 4) is 11.1 Å². The van der Waals surface area contributed by atoms with E-state index in [1.165, 1.54) is 102 Å². The van der Waals surface area contributed by atoms with Gasteiger partial charge in [0.2, 0.25) is 0 Å². The third-order valence-electron chi connectivity index (χ3n) is 11.5. The molecule has 0 spiro atoms. The molecule has 0 radical (unpaired) electrons. The van der Waals surface area contributed by atoms with Gasteiger partial charge in [0.05, 0.1) is 0 Å². The lowest BCUT2D eigenvalue weighted by molar-refractivity contribution is 1.26. The first kappa shape index (κ1) is 25.0. The highest BCUT2D eigenvalue weighted by Gasteiger charge is 2.48. The van der Waals surface area contributed by atoms with Crippen LogP contribution in [0.4, 0.5) is 17.1 Å². The number of nitrogens with zero attached hydrogens (tertiary/aromatic N) is 2. The van der Waals surface area contributed by atoms with Gasteiger partial charge >= 0.3 is 6.85 Å². The van der Waals surface area contributed by atoms with Crippen LogP contribution in [-0.4, -0.2) is 19.4 Å². The lowest BCUT2D eigenvalue weighted by Crippen LogP contribution is -2.65. The number of hydrogen-bond acceptors (Lipinski definition) is 2. The average Bonchev–Trinajstić information content (AvgIpc) is 3.64. The van der Waals surface area contributed by atoms with Crippen molar-refractivity contribution in [1.29, 1.82) is 0 Å². The summed E-state index contributed by atoms with van der Waals surface area (Å²) in [5, 5.41) is 11.1. The number of aromatic nitrogens is 1. The highest BCUT2D eigenvalue weighted by Crippen LogP contribution is 2.51. The first-order valence-corrected chi connectivity index (χ1v) is 20.4. The largest absolute Gasteiger partial charge is 0.375 e. The van der Waals surface area contributed by atoms with Crippen LogP contribution in [0.15, 0.2) is 127 Å². The number of rotatable bonds is 0. The minimum absolute atomic E-state index is 0.0759. The number of hydrogen-bond donors (Lipinski definition) is 0. The van der Waals surface area contributed by atoms with Crippen molar-refractivity contribution >= 4 is 117 Å². The SMILES string of the molecule is C[Si]1(C)c2ccccc2N2c3cc4c(sc5ccccc54)c4c3B(c3cccc1c32)n1c2cc3ccccc3cc2c2cccc-4c21. The predicted octanol–water partition coefficient (Wildman–Crippen LogP) is 8.87. The summed E-state index contributed by atoms with van der Waals surface area (Å²) >= 11 is 1.96. The molecule has 0 aliphatic carbocycles.